The van der Waals surface area contributed by atoms with Gasteiger partial charge in [-0.25, -0.2) is 17.9 Å². The number of carbonyl (C=O) groups excluding carboxylic acids is 1. The molecular weight excluding hydrogens is 350 g/mol. The fourth-order valence-corrected chi connectivity index (χ4v) is 4.15. The molecule has 0 bridgehead atoms. The maximum atomic E-state index is 12.6. The van der Waals surface area contributed by atoms with Crippen LogP contribution in [0.3, 0.4) is 0 Å². The van der Waals surface area contributed by atoms with Crippen molar-refractivity contribution in [2.45, 2.75) is 31.7 Å². The van der Waals surface area contributed by atoms with Crippen molar-refractivity contribution in [3.05, 3.63) is 59.2 Å². The van der Waals surface area contributed by atoms with E-state index in [9.17, 15) is 13.2 Å². The van der Waals surface area contributed by atoms with Gasteiger partial charge in [-0.15, -0.1) is 0 Å². The van der Waals surface area contributed by atoms with Gasteiger partial charge in [0.25, 0.3) is 0 Å². The van der Waals surface area contributed by atoms with Crippen LogP contribution in [0, 0.1) is 6.92 Å². The second kappa shape index (κ2) is 7.47. The molecule has 0 spiro atoms. The quantitative estimate of drug-likeness (QED) is 0.845. The average Bonchev–Trinajstić information content (AvgIpc) is 3.04. The van der Waals surface area contributed by atoms with Crippen molar-refractivity contribution < 1.29 is 13.2 Å². The first-order valence-electron chi connectivity index (χ1n) is 8.64. The number of benzene rings is 2. The Bertz CT molecular complexity index is 925. The monoisotopic (exact) mass is 373 g/mol. The van der Waals surface area contributed by atoms with Crippen LogP contribution in [0.4, 0.5) is 10.5 Å². The molecule has 3 rings (SSSR count). The summed E-state index contributed by atoms with van der Waals surface area (Å²) in [7, 11) is -3.61. The Labute approximate surface area is 154 Å². The molecule has 0 unspecified atom stereocenters. The zero-order valence-corrected chi connectivity index (χ0v) is 15.8. The number of amides is 2. The lowest BCUT2D eigenvalue weighted by Gasteiger charge is -2.17. The predicted molar refractivity (Wildman–Crippen MR) is 102 cm³/mol. The first-order chi connectivity index (χ1) is 12.4. The molecule has 2 aromatic rings. The zero-order valence-electron chi connectivity index (χ0n) is 15.0. The Kier molecular flexibility index (Phi) is 5.29. The Balaban J connectivity index is 1.76. The topological polar surface area (TPSA) is 78.5 Å². The molecular formula is C19H23N3O3S. The van der Waals surface area contributed by atoms with E-state index in [1.54, 1.807) is 23.1 Å². The molecule has 7 heteroatoms. The van der Waals surface area contributed by atoms with Crippen molar-refractivity contribution in [2.75, 3.05) is 18.0 Å². The smallest absolute Gasteiger partial charge is 0.321 e. The second-order valence-corrected chi connectivity index (χ2v) is 8.11. The molecule has 2 N–H and O–H groups in total. The minimum absolute atomic E-state index is 0.153. The van der Waals surface area contributed by atoms with Crippen molar-refractivity contribution in [1.82, 2.24) is 10.0 Å². The van der Waals surface area contributed by atoms with E-state index in [-0.39, 0.29) is 17.5 Å². The number of aryl methyl sites for hydroxylation is 1. The molecule has 1 aliphatic rings. The summed E-state index contributed by atoms with van der Waals surface area (Å²) in [5.74, 6) is 0. The molecule has 0 fully saturated rings. The fraction of sp³-hybridized carbons (Fsp3) is 0.316. The predicted octanol–water partition coefficient (Wildman–Crippen LogP) is 2.57. The summed E-state index contributed by atoms with van der Waals surface area (Å²) < 4.78 is 27.9. The van der Waals surface area contributed by atoms with Gasteiger partial charge in [-0.05, 0) is 49.6 Å². The van der Waals surface area contributed by atoms with Crippen LogP contribution in [-0.2, 0) is 23.0 Å². The number of fused-ring (bicyclic) bond motifs is 1. The molecule has 0 atom stereocenters. The number of sulfonamides is 1. The fourth-order valence-electron chi connectivity index (χ4n) is 3.09. The SMILES string of the molecule is CCNC(=O)N1CCc2cc(S(=O)(=O)NCc3cccc(C)c3)ccc21. The van der Waals surface area contributed by atoms with E-state index in [0.717, 1.165) is 22.4 Å². The number of rotatable bonds is 5. The number of anilines is 1. The maximum Gasteiger partial charge on any atom is 0.321 e. The number of hydrogen-bond donors (Lipinski definition) is 2. The van der Waals surface area contributed by atoms with Crippen molar-refractivity contribution >= 4 is 21.7 Å². The third-order valence-electron chi connectivity index (χ3n) is 4.38. The minimum atomic E-state index is -3.61. The van der Waals surface area contributed by atoms with Gasteiger partial charge >= 0.3 is 6.03 Å². The molecule has 138 valence electrons. The third-order valence-corrected chi connectivity index (χ3v) is 5.78. The molecule has 0 saturated carbocycles. The largest absolute Gasteiger partial charge is 0.338 e. The number of nitrogens with one attached hydrogen (secondary N) is 2. The first kappa shape index (κ1) is 18.4. The molecule has 2 amide bonds. The average molecular weight is 373 g/mol. The molecule has 0 saturated heterocycles. The van der Waals surface area contributed by atoms with Crippen molar-refractivity contribution in [3.63, 3.8) is 0 Å². The van der Waals surface area contributed by atoms with Crippen LogP contribution in [0.2, 0.25) is 0 Å². The molecule has 2 aromatic carbocycles. The molecule has 0 radical (unpaired) electrons. The van der Waals surface area contributed by atoms with E-state index in [0.29, 0.717) is 19.5 Å². The van der Waals surface area contributed by atoms with Crippen LogP contribution in [0.25, 0.3) is 0 Å². The summed E-state index contributed by atoms with van der Waals surface area (Å²) in [6.07, 6.45) is 0.647. The van der Waals surface area contributed by atoms with Crippen LogP contribution in [0.5, 0.6) is 0 Å². The minimum Gasteiger partial charge on any atom is -0.338 e. The number of urea groups is 1. The van der Waals surface area contributed by atoms with Crippen molar-refractivity contribution in [3.8, 4) is 0 Å². The summed E-state index contributed by atoms with van der Waals surface area (Å²) >= 11 is 0. The highest BCUT2D eigenvalue weighted by Gasteiger charge is 2.26. The lowest BCUT2D eigenvalue weighted by Crippen LogP contribution is -2.38. The van der Waals surface area contributed by atoms with Gasteiger partial charge in [0.05, 0.1) is 4.90 Å². The van der Waals surface area contributed by atoms with Gasteiger partial charge in [-0.2, -0.15) is 0 Å². The van der Waals surface area contributed by atoms with E-state index in [4.69, 9.17) is 0 Å². The lowest BCUT2D eigenvalue weighted by molar-refractivity contribution is 0.247. The van der Waals surface area contributed by atoms with Gasteiger partial charge in [0.15, 0.2) is 0 Å². The Morgan fingerprint density at radius 2 is 2.00 bits per heavy atom. The summed E-state index contributed by atoms with van der Waals surface area (Å²) in [5.41, 5.74) is 3.64. The van der Waals surface area contributed by atoms with Gasteiger partial charge in [-0.1, -0.05) is 29.8 Å². The Morgan fingerprint density at radius 1 is 1.19 bits per heavy atom. The summed E-state index contributed by atoms with van der Waals surface area (Å²) in [6.45, 7) is 5.19. The zero-order chi connectivity index (χ0) is 18.7. The van der Waals surface area contributed by atoms with Crippen LogP contribution in [0.15, 0.2) is 47.4 Å². The highest BCUT2D eigenvalue weighted by Crippen LogP contribution is 2.30. The van der Waals surface area contributed by atoms with E-state index < -0.39 is 10.0 Å². The molecule has 26 heavy (non-hydrogen) atoms. The Morgan fingerprint density at radius 3 is 2.73 bits per heavy atom. The van der Waals surface area contributed by atoms with Crippen LogP contribution in [-0.4, -0.2) is 27.5 Å². The van der Waals surface area contributed by atoms with Crippen LogP contribution in [0.1, 0.15) is 23.6 Å². The number of carbonyl (C=O) groups is 1. The van der Waals surface area contributed by atoms with E-state index in [2.05, 4.69) is 10.0 Å². The van der Waals surface area contributed by atoms with E-state index in [1.807, 2.05) is 38.1 Å². The highest BCUT2D eigenvalue weighted by atomic mass is 32.2. The molecule has 1 heterocycles. The third kappa shape index (κ3) is 3.89. The van der Waals surface area contributed by atoms with Gasteiger partial charge in [-0.3, -0.25) is 4.90 Å². The highest BCUT2D eigenvalue weighted by molar-refractivity contribution is 7.89. The van der Waals surface area contributed by atoms with E-state index >= 15 is 0 Å². The van der Waals surface area contributed by atoms with Crippen LogP contribution < -0.4 is 14.9 Å². The number of nitrogens with zero attached hydrogens (tertiary/aromatic N) is 1. The maximum absolute atomic E-state index is 12.6. The van der Waals surface area contributed by atoms with E-state index in [1.165, 1.54) is 0 Å². The first-order valence-corrected chi connectivity index (χ1v) is 10.1. The van der Waals surface area contributed by atoms with Crippen LogP contribution >= 0.6 is 0 Å². The van der Waals surface area contributed by atoms with Gasteiger partial charge < -0.3 is 5.32 Å². The summed E-state index contributed by atoms with van der Waals surface area (Å²) in [5, 5.41) is 2.77. The Hall–Kier alpha value is -2.38. The van der Waals surface area contributed by atoms with Gasteiger partial charge in [0, 0.05) is 25.3 Å². The summed E-state index contributed by atoms with van der Waals surface area (Å²) in [6, 6.07) is 12.5. The van der Waals surface area contributed by atoms with Gasteiger partial charge in [0.2, 0.25) is 10.0 Å². The standard InChI is InChI=1S/C19H23N3O3S/c1-3-20-19(23)22-10-9-16-12-17(7-8-18(16)22)26(24,25)21-13-15-6-4-5-14(2)11-15/h4-8,11-12,21H,3,9-10,13H2,1-2H3,(H,20,23). The van der Waals surface area contributed by atoms with Crippen molar-refractivity contribution in [2.24, 2.45) is 0 Å². The second-order valence-electron chi connectivity index (χ2n) is 6.34. The lowest BCUT2D eigenvalue weighted by atomic mass is 10.1. The molecule has 0 aliphatic carbocycles. The molecule has 0 aromatic heterocycles. The van der Waals surface area contributed by atoms with Gasteiger partial charge in [0.1, 0.15) is 0 Å². The normalized spacial score (nSPS) is 13.5. The summed E-state index contributed by atoms with van der Waals surface area (Å²) in [4.78, 5) is 13.9. The molecule has 6 nitrogen and oxygen atoms in total. The van der Waals surface area contributed by atoms with Crippen molar-refractivity contribution in [1.29, 1.82) is 0 Å². The molecule has 1 aliphatic heterocycles. The number of hydrogen-bond acceptors (Lipinski definition) is 3.